The summed E-state index contributed by atoms with van der Waals surface area (Å²) >= 11 is 6.19. The predicted molar refractivity (Wildman–Crippen MR) is 141 cm³/mol. The van der Waals surface area contributed by atoms with Crippen molar-refractivity contribution < 1.29 is 17.9 Å². The zero-order valence-corrected chi connectivity index (χ0v) is 22.2. The lowest BCUT2D eigenvalue weighted by molar-refractivity contribution is 0.0946. The van der Waals surface area contributed by atoms with Crippen LogP contribution in [-0.4, -0.2) is 27.5 Å². The fraction of sp³-hybridized carbons (Fsp3) is 0.296. The number of aryl methyl sites for hydroxylation is 2. The lowest BCUT2D eigenvalue weighted by atomic mass is 9.86. The van der Waals surface area contributed by atoms with Crippen molar-refractivity contribution in [2.75, 3.05) is 17.9 Å². The molecule has 0 bridgehead atoms. The third kappa shape index (κ3) is 6.77. The fourth-order valence-electron chi connectivity index (χ4n) is 3.62. The summed E-state index contributed by atoms with van der Waals surface area (Å²) in [5.41, 5.74) is 3.45. The number of amides is 1. The normalized spacial score (nSPS) is 11.7. The molecule has 0 radical (unpaired) electrons. The Morgan fingerprint density at radius 3 is 2.40 bits per heavy atom. The SMILES string of the molecule is Cc1ccc(NS(=O)(=O)c2cc(C(=O)NCCOc3ccccc3C(C)(C)C)ccc2Cl)c(C)c1. The number of ether oxygens (including phenoxy) is 1. The van der Waals surface area contributed by atoms with Gasteiger partial charge in [-0.25, -0.2) is 8.42 Å². The Morgan fingerprint density at radius 1 is 1.00 bits per heavy atom. The second kappa shape index (κ2) is 10.7. The van der Waals surface area contributed by atoms with Crippen LogP contribution in [0.5, 0.6) is 5.75 Å². The lowest BCUT2D eigenvalue weighted by Gasteiger charge is -2.22. The molecule has 0 saturated heterocycles. The highest BCUT2D eigenvalue weighted by Crippen LogP contribution is 2.31. The molecule has 0 spiro atoms. The van der Waals surface area contributed by atoms with Crippen LogP contribution in [0.2, 0.25) is 5.02 Å². The van der Waals surface area contributed by atoms with Gasteiger partial charge in [0.05, 0.1) is 17.3 Å². The molecule has 0 aliphatic heterocycles. The number of anilines is 1. The number of para-hydroxylation sites is 1. The van der Waals surface area contributed by atoms with Crippen LogP contribution < -0.4 is 14.8 Å². The Hall–Kier alpha value is -3.03. The molecule has 0 aliphatic carbocycles. The molecule has 3 aromatic carbocycles. The highest BCUT2D eigenvalue weighted by Gasteiger charge is 2.22. The Kier molecular flexibility index (Phi) is 8.13. The van der Waals surface area contributed by atoms with Gasteiger partial charge < -0.3 is 10.1 Å². The van der Waals surface area contributed by atoms with Gasteiger partial charge in [-0.3, -0.25) is 9.52 Å². The molecule has 0 saturated carbocycles. The van der Waals surface area contributed by atoms with E-state index in [4.69, 9.17) is 16.3 Å². The Morgan fingerprint density at radius 2 is 1.71 bits per heavy atom. The molecule has 0 aromatic heterocycles. The van der Waals surface area contributed by atoms with E-state index >= 15 is 0 Å². The van der Waals surface area contributed by atoms with Crippen molar-refractivity contribution in [1.29, 1.82) is 0 Å². The number of nitrogens with one attached hydrogen (secondary N) is 2. The van der Waals surface area contributed by atoms with Crippen LogP contribution >= 0.6 is 11.6 Å². The summed E-state index contributed by atoms with van der Waals surface area (Å²) < 4.78 is 34.5. The van der Waals surface area contributed by atoms with E-state index in [1.807, 2.05) is 50.2 Å². The minimum atomic E-state index is -4.00. The van der Waals surface area contributed by atoms with E-state index < -0.39 is 15.9 Å². The van der Waals surface area contributed by atoms with Crippen molar-refractivity contribution >= 4 is 33.2 Å². The average Bonchev–Trinajstić information content (AvgIpc) is 2.78. The van der Waals surface area contributed by atoms with E-state index in [9.17, 15) is 13.2 Å². The fourth-order valence-corrected chi connectivity index (χ4v) is 5.28. The first-order valence-corrected chi connectivity index (χ1v) is 13.1. The minimum Gasteiger partial charge on any atom is -0.491 e. The van der Waals surface area contributed by atoms with Crippen LogP contribution in [0.3, 0.4) is 0 Å². The van der Waals surface area contributed by atoms with E-state index in [-0.39, 0.29) is 34.0 Å². The van der Waals surface area contributed by atoms with Gasteiger partial charge >= 0.3 is 0 Å². The van der Waals surface area contributed by atoms with Gasteiger partial charge in [-0.05, 0) is 60.7 Å². The average molecular weight is 515 g/mol. The summed E-state index contributed by atoms with van der Waals surface area (Å²) in [5.74, 6) is 0.351. The number of rotatable bonds is 8. The molecule has 3 rings (SSSR count). The second-order valence-corrected chi connectivity index (χ2v) is 11.5. The van der Waals surface area contributed by atoms with Gasteiger partial charge in [0.15, 0.2) is 0 Å². The number of hydrogen-bond acceptors (Lipinski definition) is 4. The molecule has 8 heteroatoms. The maximum Gasteiger partial charge on any atom is 0.263 e. The zero-order chi connectivity index (χ0) is 25.8. The zero-order valence-electron chi connectivity index (χ0n) is 20.6. The van der Waals surface area contributed by atoms with Gasteiger partial charge in [-0.15, -0.1) is 0 Å². The summed E-state index contributed by atoms with van der Waals surface area (Å²) in [6.07, 6.45) is 0. The molecule has 0 unspecified atom stereocenters. The first-order chi connectivity index (χ1) is 16.4. The van der Waals surface area contributed by atoms with Crippen molar-refractivity contribution in [2.45, 2.75) is 44.9 Å². The van der Waals surface area contributed by atoms with Crippen molar-refractivity contribution in [2.24, 2.45) is 0 Å². The predicted octanol–water partition coefficient (Wildman–Crippen LogP) is 5.86. The van der Waals surface area contributed by atoms with Gasteiger partial charge in [-0.1, -0.05) is 68.3 Å². The summed E-state index contributed by atoms with van der Waals surface area (Å²) in [5, 5.41) is 2.80. The molecule has 6 nitrogen and oxygen atoms in total. The summed E-state index contributed by atoms with van der Waals surface area (Å²) in [7, 11) is -4.00. The maximum atomic E-state index is 13.0. The number of hydrogen-bond donors (Lipinski definition) is 2. The Balaban J connectivity index is 1.68. The topological polar surface area (TPSA) is 84.5 Å². The molecular formula is C27H31ClN2O4S. The van der Waals surface area contributed by atoms with Crippen LogP contribution in [0.4, 0.5) is 5.69 Å². The molecule has 1 amide bonds. The molecule has 0 aliphatic rings. The number of benzene rings is 3. The smallest absolute Gasteiger partial charge is 0.263 e. The molecule has 2 N–H and O–H groups in total. The van der Waals surface area contributed by atoms with Crippen molar-refractivity contribution in [3.63, 3.8) is 0 Å². The van der Waals surface area contributed by atoms with Gasteiger partial charge in [0.1, 0.15) is 17.3 Å². The first-order valence-electron chi connectivity index (χ1n) is 11.3. The van der Waals surface area contributed by atoms with Crippen LogP contribution in [-0.2, 0) is 15.4 Å². The van der Waals surface area contributed by atoms with Crippen molar-refractivity contribution in [1.82, 2.24) is 5.32 Å². The quantitative estimate of drug-likeness (QED) is 0.368. The lowest BCUT2D eigenvalue weighted by Crippen LogP contribution is -2.28. The van der Waals surface area contributed by atoms with Gasteiger partial charge in [0, 0.05) is 5.56 Å². The standard InChI is InChI=1S/C27H31ClN2O4S/c1-18-10-13-23(19(2)16-18)30-35(32,33)25-17-20(11-12-22(25)28)26(31)29-14-15-34-24-9-7-6-8-21(24)27(3,4)5/h6-13,16-17,30H,14-15H2,1-5H3,(H,29,31). The summed E-state index contributed by atoms with van der Waals surface area (Å²) in [4.78, 5) is 12.5. The Labute approximate surface area is 212 Å². The third-order valence-corrected chi connectivity index (χ3v) is 7.30. The number of carbonyl (C=O) groups excluding carboxylic acids is 1. The molecule has 186 valence electrons. The molecule has 3 aromatic rings. The highest BCUT2D eigenvalue weighted by atomic mass is 35.5. The van der Waals surface area contributed by atoms with E-state index in [2.05, 4.69) is 30.8 Å². The molecule has 35 heavy (non-hydrogen) atoms. The van der Waals surface area contributed by atoms with E-state index in [1.54, 1.807) is 6.07 Å². The highest BCUT2D eigenvalue weighted by molar-refractivity contribution is 7.92. The molecular weight excluding hydrogens is 484 g/mol. The molecule has 0 atom stereocenters. The third-order valence-electron chi connectivity index (χ3n) is 5.45. The van der Waals surface area contributed by atoms with Crippen LogP contribution in [0.25, 0.3) is 0 Å². The second-order valence-electron chi connectivity index (χ2n) is 9.42. The molecule has 0 fully saturated rings. The number of carbonyl (C=O) groups is 1. The Bertz CT molecular complexity index is 1330. The first kappa shape index (κ1) is 26.6. The van der Waals surface area contributed by atoms with Crippen LogP contribution in [0.1, 0.15) is 47.8 Å². The van der Waals surface area contributed by atoms with Crippen molar-refractivity contribution in [3.8, 4) is 5.75 Å². The maximum absolute atomic E-state index is 13.0. The van der Waals surface area contributed by atoms with Gasteiger partial charge in [0.25, 0.3) is 15.9 Å². The summed E-state index contributed by atoms with van der Waals surface area (Å²) in [6.45, 7) is 10.6. The molecule has 0 heterocycles. The van der Waals surface area contributed by atoms with Gasteiger partial charge in [0.2, 0.25) is 0 Å². The van der Waals surface area contributed by atoms with E-state index in [1.165, 1.54) is 18.2 Å². The van der Waals surface area contributed by atoms with E-state index in [0.717, 1.165) is 22.4 Å². The van der Waals surface area contributed by atoms with Crippen LogP contribution in [0.15, 0.2) is 65.6 Å². The monoisotopic (exact) mass is 514 g/mol. The summed E-state index contributed by atoms with van der Waals surface area (Å²) in [6, 6.07) is 17.4. The van der Waals surface area contributed by atoms with Crippen LogP contribution in [0, 0.1) is 13.8 Å². The minimum absolute atomic E-state index is 0.0286. The number of halogens is 1. The van der Waals surface area contributed by atoms with E-state index in [0.29, 0.717) is 5.69 Å². The number of sulfonamides is 1. The van der Waals surface area contributed by atoms with Gasteiger partial charge in [-0.2, -0.15) is 0 Å². The largest absolute Gasteiger partial charge is 0.491 e. The van der Waals surface area contributed by atoms with Crippen molar-refractivity contribution in [3.05, 3.63) is 87.9 Å².